The molecule has 0 amide bonds. The van der Waals surface area contributed by atoms with Crippen molar-refractivity contribution in [2.75, 3.05) is 6.54 Å². The highest BCUT2D eigenvalue weighted by Crippen LogP contribution is 2.22. The number of aromatic nitrogens is 2. The normalized spacial score (nSPS) is 17.2. The van der Waals surface area contributed by atoms with Crippen LogP contribution in [0.25, 0.3) is 0 Å². The van der Waals surface area contributed by atoms with Gasteiger partial charge >= 0.3 is 0 Å². The molecule has 0 unspecified atom stereocenters. The Morgan fingerprint density at radius 1 is 1.29 bits per heavy atom. The lowest BCUT2D eigenvalue weighted by atomic mass is 9.96. The van der Waals surface area contributed by atoms with Gasteiger partial charge < -0.3 is 5.32 Å². The van der Waals surface area contributed by atoms with Crippen LogP contribution in [0.1, 0.15) is 56.8 Å². The molecule has 2 rings (SSSR count). The SMILES string of the molecule is CCCNCc1n[nH]c(C)c1S(=O)(=O)NC1CCCCC1. The average molecular weight is 314 g/mol. The third-order valence-electron chi connectivity index (χ3n) is 3.88. The van der Waals surface area contributed by atoms with E-state index in [0.29, 0.717) is 22.8 Å². The molecule has 1 aliphatic carbocycles. The molecule has 6 nitrogen and oxygen atoms in total. The van der Waals surface area contributed by atoms with Gasteiger partial charge in [0.1, 0.15) is 4.90 Å². The third-order valence-corrected chi connectivity index (χ3v) is 5.60. The Kier molecular flexibility index (Phi) is 5.78. The maximum atomic E-state index is 12.6. The van der Waals surface area contributed by atoms with E-state index in [9.17, 15) is 8.42 Å². The number of sulfonamides is 1. The van der Waals surface area contributed by atoms with Gasteiger partial charge in [-0.25, -0.2) is 13.1 Å². The van der Waals surface area contributed by atoms with Crippen molar-refractivity contribution >= 4 is 10.0 Å². The van der Waals surface area contributed by atoms with Gasteiger partial charge in [-0.3, -0.25) is 5.10 Å². The lowest BCUT2D eigenvalue weighted by Crippen LogP contribution is -2.36. The van der Waals surface area contributed by atoms with E-state index in [1.807, 2.05) is 0 Å². The monoisotopic (exact) mass is 314 g/mol. The topological polar surface area (TPSA) is 86.9 Å². The molecule has 1 fully saturated rings. The van der Waals surface area contributed by atoms with Crippen LogP contribution in [-0.2, 0) is 16.6 Å². The van der Waals surface area contributed by atoms with E-state index in [0.717, 1.165) is 38.6 Å². The molecule has 0 spiro atoms. The molecule has 1 aromatic rings. The molecule has 1 saturated carbocycles. The first-order chi connectivity index (χ1) is 10.0. The molecule has 0 bridgehead atoms. The molecular formula is C14H26N4O2S. The number of nitrogens with zero attached hydrogens (tertiary/aromatic N) is 1. The summed E-state index contributed by atoms with van der Waals surface area (Å²) in [5.74, 6) is 0. The lowest BCUT2D eigenvalue weighted by Gasteiger charge is -2.22. The molecule has 0 atom stereocenters. The van der Waals surface area contributed by atoms with Gasteiger partial charge in [0.2, 0.25) is 10.0 Å². The maximum Gasteiger partial charge on any atom is 0.244 e. The second kappa shape index (κ2) is 7.38. The summed E-state index contributed by atoms with van der Waals surface area (Å²) in [6.07, 6.45) is 6.27. The lowest BCUT2D eigenvalue weighted by molar-refractivity contribution is 0.412. The van der Waals surface area contributed by atoms with E-state index < -0.39 is 10.0 Å². The summed E-state index contributed by atoms with van der Waals surface area (Å²) in [5.41, 5.74) is 1.18. The summed E-state index contributed by atoms with van der Waals surface area (Å²) < 4.78 is 28.1. The Bertz CT molecular complexity index is 547. The van der Waals surface area contributed by atoms with Gasteiger partial charge in [-0.1, -0.05) is 26.2 Å². The van der Waals surface area contributed by atoms with Crippen molar-refractivity contribution in [3.8, 4) is 0 Å². The molecule has 1 aromatic heterocycles. The van der Waals surface area contributed by atoms with Crippen LogP contribution in [0.5, 0.6) is 0 Å². The summed E-state index contributed by atoms with van der Waals surface area (Å²) >= 11 is 0. The minimum absolute atomic E-state index is 0.0644. The number of rotatable bonds is 7. The Morgan fingerprint density at radius 3 is 2.67 bits per heavy atom. The highest BCUT2D eigenvalue weighted by Gasteiger charge is 2.27. The predicted octanol–water partition coefficient (Wildman–Crippen LogP) is 1.83. The summed E-state index contributed by atoms with van der Waals surface area (Å²) in [5, 5.41) is 10.1. The molecule has 21 heavy (non-hydrogen) atoms. The molecule has 7 heteroatoms. The maximum absolute atomic E-state index is 12.6. The van der Waals surface area contributed by atoms with Crippen molar-refractivity contribution in [1.29, 1.82) is 0 Å². The standard InChI is InChI=1S/C14H26N4O2S/c1-3-9-15-10-13-14(11(2)16-17-13)21(19,20)18-12-7-5-4-6-8-12/h12,15,18H,3-10H2,1-2H3,(H,16,17). The van der Waals surface area contributed by atoms with Crippen molar-refractivity contribution in [2.24, 2.45) is 0 Å². The number of H-pyrrole nitrogens is 1. The van der Waals surface area contributed by atoms with E-state index >= 15 is 0 Å². The van der Waals surface area contributed by atoms with E-state index in [4.69, 9.17) is 0 Å². The zero-order valence-corrected chi connectivity index (χ0v) is 13.7. The van der Waals surface area contributed by atoms with Gasteiger partial charge in [0.25, 0.3) is 0 Å². The molecule has 1 aliphatic rings. The van der Waals surface area contributed by atoms with Crippen LogP contribution in [-0.4, -0.2) is 31.2 Å². The summed E-state index contributed by atoms with van der Waals surface area (Å²) in [7, 11) is -3.50. The number of aryl methyl sites for hydroxylation is 1. The van der Waals surface area contributed by atoms with Gasteiger partial charge in [-0.05, 0) is 32.7 Å². The van der Waals surface area contributed by atoms with E-state index in [-0.39, 0.29) is 6.04 Å². The zero-order chi connectivity index (χ0) is 15.3. The van der Waals surface area contributed by atoms with E-state index in [2.05, 4.69) is 27.2 Å². The van der Waals surface area contributed by atoms with Crippen molar-refractivity contribution in [2.45, 2.75) is 69.9 Å². The number of nitrogens with one attached hydrogen (secondary N) is 3. The fourth-order valence-corrected chi connectivity index (χ4v) is 4.50. The second-order valence-electron chi connectivity index (χ2n) is 5.76. The molecule has 0 aromatic carbocycles. The molecule has 120 valence electrons. The summed E-state index contributed by atoms with van der Waals surface area (Å²) in [6, 6.07) is 0.0644. The summed E-state index contributed by atoms with van der Waals surface area (Å²) in [4.78, 5) is 0.316. The largest absolute Gasteiger partial charge is 0.311 e. The summed E-state index contributed by atoms with van der Waals surface area (Å²) in [6.45, 7) is 5.15. The number of hydrogen-bond donors (Lipinski definition) is 3. The molecule has 1 heterocycles. The predicted molar refractivity (Wildman–Crippen MR) is 82.5 cm³/mol. The third kappa shape index (κ3) is 4.28. The molecule has 0 aliphatic heterocycles. The number of aromatic amines is 1. The van der Waals surface area contributed by atoms with Crippen molar-refractivity contribution in [1.82, 2.24) is 20.2 Å². The van der Waals surface area contributed by atoms with Gasteiger partial charge in [0.15, 0.2) is 0 Å². The first-order valence-electron chi connectivity index (χ1n) is 7.81. The van der Waals surface area contributed by atoms with Crippen LogP contribution >= 0.6 is 0 Å². The highest BCUT2D eigenvalue weighted by molar-refractivity contribution is 7.89. The smallest absolute Gasteiger partial charge is 0.244 e. The fraction of sp³-hybridized carbons (Fsp3) is 0.786. The van der Waals surface area contributed by atoms with Gasteiger partial charge in [-0.2, -0.15) is 5.10 Å². The Balaban J connectivity index is 2.12. The zero-order valence-electron chi connectivity index (χ0n) is 12.9. The number of hydrogen-bond acceptors (Lipinski definition) is 4. The van der Waals surface area contributed by atoms with Crippen LogP contribution in [0.4, 0.5) is 0 Å². The van der Waals surface area contributed by atoms with Crippen LogP contribution in [0.3, 0.4) is 0 Å². The first-order valence-corrected chi connectivity index (χ1v) is 9.29. The average Bonchev–Trinajstić information content (AvgIpc) is 2.82. The minimum atomic E-state index is -3.50. The quantitative estimate of drug-likeness (QED) is 0.670. The fourth-order valence-electron chi connectivity index (χ4n) is 2.83. The van der Waals surface area contributed by atoms with Gasteiger partial charge in [-0.15, -0.1) is 0 Å². The van der Waals surface area contributed by atoms with Crippen LogP contribution in [0.2, 0.25) is 0 Å². The Morgan fingerprint density at radius 2 is 2.00 bits per heavy atom. The second-order valence-corrected chi connectivity index (χ2v) is 7.41. The van der Waals surface area contributed by atoms with Crippen LogP contribution < -0.4 is 10.0 Å². The highest BCUT2D eigenvalue weighted by atomic mass is 32.2. The minimum Gasteiger partial charge on any atom is -0.311 e. The van der Waals surface area contributed by atoms with Crippen LogP contribution in [0, 0.1) is 6.92 Å². The van der Waals surface area contributed by atoms with Crippen molar-refractivity contribution in [3.05, 3.63) is 11.4 Å². The van der Waals surface area contributed by atoms with E-state index in [1.165, 1.54) is 6.42 Å². The van der Waals surface area contributed by atoms with Crippen molar-refractivity contribution < 1.29 is 8.42 Å². The van der Waals surface area contributed by atoms with Gasteiger partial charge in [0, 0.05) is 12.6 Å². The first kappa shape index (κ1) is 16.5. The Labute approximate surface area is 127 Å². The Hall–Kier alpha value is -0.920. The molecule has 3 N–H and O–H groups in total. The van der Waals surface area contributed by atoms with E-state index in [1.54, 1.807) is 6.92 Å². The molecular weight excluding hydrogens is 288 g/mol. The molecule has 0 radical (unpaired) electrons. The van der Waals surface area contributed by atoms with Crippen LogP contribution in [0.15, 0.2) is 4.90 Å². The van der Waals surface area contributed by atoms with Gasteiger partial charge in [0.05, 0.1) is 11.4 Å². The molecule has 0 saturated heterocycles. The van der Waals surface area contributed by atoms with Crippen molar-refractivity contribution in [3.63, 3.8) is 0 Å².